The predicted octanol–water partition coefficient (Wildman–Crippen LogP) is 0.212. The average Bonchev–Trinajstić information content (AvgIpc) is 2.51. The fraction of sp³-hybridized carbons (Fsp3) is 0.667. The summed E-state index contributed by atoms with van der Waals surface area (Å²) < 4.78 is 1.87. The summed E-state index contributed by atoms with van der Waals surface area (Å²) in [6.45, 7) is 0.728. The molecule has 1 aromatic rings. The number of hydrogen-bond acceptors (Lipinski definition) is 3. The lowest BCUT2D eigenvalue weighted by Crippen LogP contribution is -2.19. The number of hydrogen-bond donors (Lipinski definition) is 2. The third-order valence-corrected chi connectivity index (χ3v) is 2.62. The average molecular weight is 181 g/mol. The van der Waals surface area contributed by atoms with Gasteiger partial charge in [-0.05, 0) is 19.3 Å². The van der Waals surface area contributed by atoms with Gasteiger partial charge in [0.2, 0.25) is 0 Å². The van der Waals surface area contributed by atoms with E-state index in [9.17, 15) is 0 Å². The van der Waals surface area contributed by atoms with Crippen molar-refractivity contribution in [1.82, 2.24) is 9.78 Å². The molecule has 0 aliphatic heterocycles. The Bertz CT molecular complexity index is 295. The topological polar surface area (TPSA) is 64.1 Å². The molecule has 0 fully saturated rings. The number of nitrogens with zero attached hydrogens (tertiary/aromatic N) is 2. The largest absolute Gasteiger partial charge is 0.394 e. The molecule has 1 aromatic heterocycles. The maximum atomic E-state index is 8.81. The van der Waals surface area contributed by atoms with Crippen LogP contribution in [0.4, 0.5) is 0 Å². The van der Waals surface area contributed by atoms with Gasteiger partial charge in [0.25, 0.3) is 0 Å². The molecule has 3 N–H and O–H groups in total. The minimum absolute atomic E-state index is 0.142. The fourth-order valence-corrected chi connectivity index (χ4v) is 1.94. The summed E-state index contributed by atoms with van der Waals surface area (Å²) in [5.41, 5.74) is 8.32. The van der Waals surface area contributed by atoms with Gasteiger partial charge in [0.15, 0.2) is 0 Å². The van der Waals surface area contributed by atoms with Crippen molar-refractivity contribution < 1.29 is 5.11 Å². The Balaban J connectivity index is 2.30. The van der Waals surface area contributed by atoms with Gasteiger partial charge in [-0.25, -0.2) is 0 Å². The summed E-state index contributed by atoms with van der Waals surface area (Å²) in [7, 11) is 0. The van der Waals surface area contributed by atoms with Crippen molar-refractivity contribution >= 4 is 0 Å². The first kappa shape index (κ1) is 8.72. The lowest BCUT2D eigenvalue weighted by molar-refractivity contribution is 0.266. The lowest BCUT2D eigenvalue weighted by Gasteiger charge is -2.19. The van der Waals surface area contributed by atoms with Crippen LogP contribution in [0.25, 0.3) is 0 Å². The highest BCUT2D eigenvalue weighted by Crippen LogP contribution is 2.27. The maximum absolute atomic E-state index is 8.81. The van der Waals surface area contributed by atoms with Crippen molar-refractivity contribution in [2.45, 2.75) is 31.8 Å². The van der Waals surface area contributed by atoms with Crippen LogP contribution in [0, 0.1) is 0 Å². The van der Waals surface area contributed by atoms with Crippen LogP contribution in [-0.4, -0.2) is 21.5 Å². The van der Waals surface area contributed by atoms with Crippen molar-refractivity contribution in [2.75, 3.05) is 6.61 Å². The molecular weight excluding hydrogens is 166 g/mol. The normalized spacial score (nSPS) is 21.5. The molecule has 1 aliphatic carbocycles. The van der Waals surface area contributed by atoms with Crippen molar-refractivity contribution in [3.05, 3.63) is 17.5 Å². The molecule has 0 amide bonds. The van der Waals surface area contributed by atoms with Gasteiger partial charge >= 0.3 is 0 Å². The van der Waals surface area contributed by atoms with Crippen LogP contribution in [0.1, 0.15) is 30.1 Å². The molecule has 0 saturated carbocycles. The number of nitrogens with two attached hydrogens (primary N) is 1. The second-order valence-corrected chi connectivity index (χ2v) is 3.49. The first-order valence-electron chi connectivity index (χ1n) is 4.74. The zero-order valence-corrected chi connectivity index (χ0v) is 7.61. The molecule has 2 rings (SSSR count). The summed E-state index contributed by atoms with van der Waals surface area (Å²) in [6, 6.07) is 0.149. The Hall–Kier alpha value is -0.870. The van der Waals surface area contributed by atoms with E-state index in [0.29, 0.717) is 6.54 Å². The quantitative estimate of drug-likeness (QED) is 0.685. The highest BCUT2D eigenvalue weighted by atomic mass is 16.3. The van der Waals surface area contributed by atoms with E-state index in [1.807, 2.05) is 10.9 Å². The first-order chi connectivity index (χ1) is 6.33. The van der Waals surface area contributed by atoms with Crippen LogP contribution in [0.5, 0.6) is 0 Å². The van der Waals surface area contributed by atoms with Gasteiger partial charge in [0.1, 0.15) is 0 Å². The molecule has 4 heteroatoms. The molecular formula is C9H15N3O. The molecule has 13 heavy (non-hydrogen) atoms. The highest BCUT2D eigenvalue weighted by molar-refractivity contribution is 5.24. The molecule has 0 spiro atoms. The van der Waals surface area contributed by atoms with E-state index >= 15 is 0 Å². The Morgan fingerprint density at radius 1 is 1.69 bits per heavy atom. The van der Waals surface area contributed by atoms with Crippen LogP contribution in [0.15, 0.2) is 6.20 Å². The molecule has 4 nitrogen and oxygen atoms in total. The van der Waals surface area contributed by atoms with E-state index in [1.54, 1.807) is 0 Å². The standard InChI is InChI=1S/C9H15N3O/c10-8-2-1-3-9-7(8)6-11-12(9)4-5-13/h6,8,13H,1-5,10H2. The van der Waals surface area contributed by atoms with E-state index in [0.717, 1.165) is 19.3 Å². The SMILES string of the molecule is NC1CCCc2c1cnn2CCO. The van der Waals surface area contributed by atoms with Crippen LogP contribution in [0.3, 0.4) is 0 Å². The zero-order valence-electron chi connectivity index (χ0n) is 7.61. The summed E-state index contributed by atoms with van der Waals surface area (Å²) in [5, 5.41) is 13.0. The second kappa shape index (κ2) is 3.47. The minimum atomic E-state index is 0.142. The minimum Gasteiger partial charge on any atom is -0.394 e. The molecule has 0 radical (unpaired) electrons. The van der Waals surface area contributed by atoms with Crippen molar-refractivity contribution in [2.24, 2.45) is 5.73 Å². The van der Waals surface area contributed by atoms with Crippen LogP contribution < -0.4 is 5.73 Å². The van der Waals surface area contributed by atoms with E-state index in [2.05, 4.69) is 5.10 Å². The van der Waals surface area contributed by atoms with Crippen LogP contribution in [0.2, 0.25) is 0 Å². The Kier molecular flexibility index (Phi) is 2.33. The van der Waals surface area contributed by atoms with Crippen LogP contribution in [-0.2, 0) is 13.0 Å². The summed E-state index contributed by atoms with van der Waals surface area (Å²) in [5.74, 6) is 0. The molecule has 72 valence electrons. The van der Waals surface area contributed by atoms with Gasteiger partial charge in [0.05, 0.1) is 19.3 Å². The summed E-state index contributed by atoms with van der Waals surface area (Å²) in [6.07, 6.45) is 5.07. The van der Waals surface area contributed by atoms with Gasteiger partial charge in [-0.1, -0.05) is 0 Å². The fourth-order valence-electron chi connectivity index (χ4n) is 1.94. The Labute approximate surface area is 77.4 Å². The third kappa shape index (κ3) is 1.47. The second-order valence-electron chi connectivity index (χ2n) is 3.49. The molecule has 1 atom stereocenters. The third-order valence-electron chi connectivity index (χ3n) is 2.62. The molecule has 1 unspecified atom stereocenters. The Morgan fingerprint density at radius 3 is 3.31 bits per heavy atom. The maximum Gasteiger partial charge on any atom is 0.0644 e. The number of rotatable bonds is 2. The molecule has 1 heterocycles. The zero-order chi connectivity index (χ0) is 9.26. The number of aliphatic hydroxyl groups excluding tert-OH is 1. The van der Waals surface area contributed by atoms with Crippen molar-refractivity contribution in [1.29, 1.82) is 0 Å². The van der Waals surface area contributed by atoms with Gasteiger partial charge in [-0.15, -0.1) is 0 Å². The molecule has 0 aromatic carbocycles. The van der Waals surface area contributed by atoms with Crippen molar-refractivity contribution in [3.63, 3.8) is 0 Å². The first-order valence-corrected chi connectivity index (χ1v) is 4.74. The molecule has 0 bridgehead atoms. The highest BCUT2D eigenvalue weighted by Gasteiger charge is 2.20. The number of aliphatic hydroxyl groups is 1. The van der Waals surface area contributed by atoms with Crippen LogP contribution >= 0.6 is 0 Å². The van der Waals surface area contributed by atoms with Gasteiger partial charge in [0, 0.05) is 17.3 Å². The predicted molar refractivity (Wildman–Crippen MR) is 49.2 cm³/mol. The van der Waals surface area contributed by atoms with Gasteiger partial charge in [-0.2, -0.15) is 5.10 Å². The van der Waals surface area contributed by atoms with E-state index in [-0.39, 0.29) is 12.6 Å². The monoisotopic (exact) mass is 181 g/mol. The smallest absolute Gasteiger partial charge is 0.0644 e. The Morgan fingerprint density at radius 2 is 2.54 bits per heavy atom. The van der Waals surface area contributed by atoms with E-state index in [1.165, 1.54) is 11.3 Å². The summed E-state index contributed by atoms with van der Waals surface area (Å²) in [4.78, 5) is 0. The summed E-state index contributed by atoms with van der Waals surface area (Å²) >= 11 is 0. The molecule has 1 aliphatic rings. The number of aromatic nitrogens is 2. The lowest BCUT2D eigenvalue weighted by atomic mass is 9.94. The van der Waals surface area contributed by atoms with E-state index < -0.39 is 0 Å². The van der Waals surface area contributed by atoms with E-state index in [4.69, 9.17) is 10.8 Å². The molecule has 0 saturated heterocycles. The van der Waals surface area contributed by atoms with Gasteiger partial charge in [-0.3, -0.25) is 4.68 Å². The van der Waals surface area contributed by atoms with Crippen molar-refractivity contribution in [3.8, 4) is 0 Å². The number of fused-ring (bicyclic) bond motifs is 1. The van der Waals surface area contributed by atoms with Gasteiger partial charge < -0.3 is 10.8 Å².